The molecule has 0 aromatic rings. The van der Waals surface area contributed by atoms with Crippen molar-refractivity contribution >= 4 is 0 Å². The van der Waals surface area contributed by atoms with E-state index in [1.54, 1.807) is 12.8 Å². The minimum atomic E-state index is 0.799. The number of fused-ring (bicyclic) bond motifs is 1. The summed E-state index contributed by atoms with van der Waals surface area (Å²) in [6.07, 6.45) is 8.91. The van der Waals surface area contributed by atoms with Gasteiger partial charge in [0, 0.05) is 0 Å². The molecule has 0 amide bonds. The Morgan fingerprint density at radius 1 is 1.31 bits per heavy atom. The molecule has 0 radical (unpaired) electrons. The second-order valence-corrected chi connectivity index (χ2v) is 5.56. The summed E-state index contributed by atoms with van der Waals surface area (Å²) in [7, 11) is 0. The molecule has 0 nitrogen and oxygen atoms in total. The van der Waals surface area contributed by atoms with Gasteiger partial charge in [-0.3, -0.25) is 0 Å². The highest BCUT2D eigenvalue weighted by molar-refractivity contribution is 5.10. The first-order chi connectivity index (χ1) is 6.22. The monoisotopic (exact) mass is 180 g/mol. The fourth-order valence-electron chi connectivity index (χ4n) is 3.99. The van der Waals surface area contributed by atoms with Crippen LogP contribution in [0.1, 0.15) is 59.3 Å². The van der Waals surface area contributed by atoms with E-state index in [1.165, 1.54) is 25.7 Å². The van der Waals surface area contributed by atoms with Gasteiger partial charge in [0.25, 0.3) is 0 Å². The summed E-state index contributed by atoms with van der Waals surface area (Å²) in [5.74, 6) is 3.33. The largest absolute Gasteiger partial charge is 0.0654 e. The maximum absolute atomic E-state index is 2.54. The van der Waals surface area contributed by atoms with Crippen LogP contribution in [0.25, 0.3) is 0 Å². The maximum atomic E-state index is 2.54. The van der Waals surface area contributed by atoms with Crippen LogP contribution >= 0.6 is 0 Å². The quantitative estimate of drug-likeness (QED) is 0.606. The first-order valence-electron chi connectivity index (χ1n) is 6.22. The Kier molecular flexibility index (Phi) is 2.42. The lowest BCUT2D eigenvalue weighted by Crippen LogP contribution is -2.59. The number of unbranched alkanes of at least 4 members (excludes halogenated alkanes) is 1. The van der Waals surface area contributed by atoms with Crippen LogP contribution < -0.4 is 0 Å². The van der Waals surface area contributed by atoms with Crippen molar-refractivity contribution in [1.29, 1.82) is 0 Å². The van der Waals surface area contributed by atoms with Crippen molar-refractivity contribution in [3.05, 3.63) is 0 Å². The summed E-state index contributed by atoms with van der Waals surface area (Å²) in [6, 6.07) is 0. The van der Waals surface area contributed by atoms with Gasteiger partial charge in [-0.05, 0) is 36.0 Å². The molecular formula is C13H24. The smallest absolute Gasteiger partial charge is 0.0264 e. The van der Waals surface area contributed by atoms with Gasteiger partial charge in [-0.1, -0.05) is 46.5 Å². The van der Waals surface area contributed by atoms with Crippen LogP contribution in [0.4, 0.5) is 0 Å². The molecule has 2 aliphatic rings. The molecule has 4 unspecified atom stereocenters. The molecule has 4 atom stereocenters. The number of rotatable bonds is 4. The highest BCUT2D eigenvalue weighted by Gasteiger charge is 2.60. The highest BCUT2D eigenvalue weighted by Crippen LogP contribution is 2.69. The van der Waals surface area contributed by atoms with E-state index in [0.717, 1.165) is 23.2 Å². The molecule has 0 saturated heterocycles. The second-order valence-electron chi connectivity index (χ2n) is 5.56. The predicted molar refractivity (Wildman–Crippen MR) is 57.6 cm³/mol. The molecule has 0 aliphatic heterocycles. The van der Waals surface area contributed by atoms with Gasteiger partial charge in [-0.2, -0.15) is 0 Å². The molecule has 2 aliphatic carbocycles. The fraction of sp³-hybridized carbons (Fsp3) is 1.00. The van der Waals surface area contributed by atoms with Crippen molar-refractivity contribution < 1.29 is 0 Å². The number of hydrogen-bond donors (Lipinski definition) is 0. The summed E-state index contributed by atoms with van der Waals surface area (Å²) in [6.45, 7) is 7.22. The summed E-state index contributed by atoms with van der Waals surface area (Å²) in [5.41, 5.74) is 0.799. The van der Waals surface area contributed by atoms with Crippen molar-refractivity contribution in [2.75, 3.05) is 0 Å². The third kappa shape index (κ3) is 1.25. The topological polar surface area (TPSA) is 0 Å². The van der Waals surface area contributed by atoms with E-state index >= 15 is 0 Å². The average molecular weight is 180 g/mol. The van der Waals surface area contributed by atoms with Crippen LogP contribution in [0.15, 0.2) is 0 Å². The molecule has 76 valence electrons. The highest BCUT2D eigenvalue weighted by atomic mass is 14.7. The first kappa shape index (κ1) is 9.55. The van der Waals surface area contributed by atoms with Crippen LogP contribution in [0, 0.1) is 23.2 Å². The van der Waals surface area contributed by atoms with E-state index in [9.17, 15) is 0 Å². The van der Waals surface area contributed by atoms with Gasteiger partial charge >= 0.3 is 0 Å². The van der Waals surface area contributed by atoms with E-state index in [0.29, 0.717) is 0 Å². The van der Waals surface area contributed by atoms with Crippen molar-refractivity contribution in [2.24, 2.45) is 23.2 Å². The Labute approximate surface area is 83.1 Å². The molecule has 0 aromatic carbocycles. The molecule has 0 aromatic heterocycles. The third-order valence-corrected chi connectivity index (χ3v) is 5.01. The van der Waals surface area contributed by atoms with E-state index < -0.39 is 0 Å². The van der Waals surface area contributed by atoms with Crippen LogP contribution in [0.3, 0.4) is 0 Å². The summed E-state index contributed by atoms with van der Waals surface area (Å²) >= 11 is 0. The molecule has 2 saturated carbocycles. The lowest BCUT2D eigenvalue weighted by molar-refractivity contribution is -0.180. The van der Waals surface area contributed by atoms with Crippen molar-refractivity contribution in [3.8, 4) is 0 Å². The van der Waals surface area contributed by atoms with Gasteiger partial charge in [0.05, 0.1) is 0 Å². The zero-order valence-corrected chi connectivity index (χ0v) is 9.47. The standard InChI is InChI=1S/C13H24/c1-4-6-7-10-9-13(3)11(5-2)8-12(10)13/h10-12H,4-9H2,1-3H3. The van der Waals surface area contributed by atoms with Crippen molar-refractivity contribution in [1.82, 2.24) is 0 Å². The summed E-state index contributed by atoms with van der Waals surface area (Å²) in [5, 5.41) is 0. The third-order valence-electron chi connectivity index (χ3n) is 5.01. The van der Waals surface area contributed by atoms with Crippen molar-refractivity contribution in [2.45, 2.75) is 59.3 Å². The van der Waals surface area contributed by atoms with Crippen LogP contribution in [0.2, 0.25) is 0 Å². The molecule has 0 spiro atoms. The Morgan fingerprint density at radius 3 is 2.54 bits per heavy atom. The van der Waals surface area contributed by atoms with Gasteiger partial charge in [0.15, 0.2) is 0 Å². The zero-order valence-electron chi connectivity index (χ0n) is 9.47. The molecule has 0 bridgehead atoms. The minimum absolute atomic E-state index is 0.799. The molecule has 0 heteroatoms. The Morgan fingerprint density at radius 2 is 2.08 bits per heavy atom. The molecule has 2 fully saturated rings. The van der Waals surface area contributed by atoms with Crippen LogP contribution in [0.5, 0.6) is 0 Å². The molecule has 13 heavy (non-hydrogen) atoms. The Bertz CT molecular complexity index is 184. The van der Waals surface area contributed by atoms with E-state index in [-0.39, 0.29) is 0 Å². The number of hydrogen-bond acceptors (Lipinski definition) is 0. The van der Waals surface area contributed by atoms with E-state index in [2.05, 4.69) is 20.8 Å². The lowest BCUT2D eigenvalue weighted by Gasteiger charge is -2.67. The SMILES string of the molecule is CCCCC1CC2(C)C(CC)CC12. The first-order valence-corrected chi connectivity index (χ1v) is 6.22. The van der Waals surface area contributed by atoms with Crippen LogP contribution in [-0.2, 0) is 0 Å². The zero-order chi connectivity index (χ0) is 9.47. The summed E-state index contributed by atoms with van der Waals surface area (Å²) < 4.78 is 0. The predicted octanol–water partition coefficient (Wildman–Crippen LogP) is 4.25. The molecular weight excluding hydrogens is 156 g/mol. The maximum Gasteiger partial charge on any atom is -0.0264 e. The lowest BCUT2D eigenvalue weighted by atomic mass is 9.38. The van der Waals surface area contributed by atoms with Gasteiger partial charge in [-0.15, -0.1) is 0 Å². The van der Waals surface area contributed by atoms with Crippen molar-refractivity contribution in [3.63, 3.8) is 0 Å². The fourth-order valence-corrected chi connectivity index (χ4v) is 3.99. The normalized spacial score (nSPS) is 47.8. The molecule has 2 rings (SSSR count). The average Bonchev–Trinajstić information content (AvgIpc) is 2.13. The Hall–Kier alpha value is 0. The van der Waals surface area contributed by atoms with Gasteiger partial charge in [0.2, 0.25) is 0 Å². The van der Waals surface area contributed by atoms with Gasteiger partial charge in [0.1, 0.15) is 0 Å². The molecule has 0 heterocycles. The van der Waals surface area contributed by atoms with E-state index in [1.807, 2.05) is 0 Å². The van der Waals surface area contributed by atoms with Gasteiger partial charge < -0.3 is 0 Å². The Balaban J connectivity index is 1.79. The summed E-state index contributed by atoms with van der Waals surface area (Å²) in [4.78, 5) is 0. The second kappa shape index (κ2) is 3.29. The van der Waals surface area contributed by atoms with E-state index in [4.69, 9.17) is 0 Å². The van der Waals surface area contributed by atoms with Crippen LogP contribution in [-0.4, -0.2) is 0 Å². The van der Waals surface area contributed by atoms with Gasteiger partial charge in [-0.25, -0.2) is 0 Å². The minimum Gasteiger partial charge on any atom is -0.0654 e. The molecule has 0 N–H and O–H groups in total.